The van der Waals surface area contributed by atoms with Crippen LogP contribution in [0.1, 0.15) is 25.7 Å². The van der Waals surface area contributed by atoms with Gasteiger partial charge in [-0.1, -0.05) is 43.2 Å². The lowest BCUT2D eigenvalue weighted by molar-refractivity contribution is 0.750. The van der Waals surface area contributed by atoms with Gasteiger partial charge in [0.25, 0.3) is 0 Å². The predicted molar refractivity (Wildman–Crippen MR) is 73.3 cm³/mol. The molecule has 92 valence electrons. The monoisotopic (exact) mass is 239 g/mol. The van der Waals surface area contributed by atoms with Gasteiger partial charge in [0.15, 0.2) is 5.82 Å². The molecule has 1 N–H and O–H groups in total. The van der Waals surface area contributed by atoms with Crippen LogP contribution in [-0.2, 0) is 0 Å². The lowest BCUT2D eigenvalue weighted by Crippen LogP contribution is -2.15. The van der Waals surface area contributed by atoms with E-state index in [4.69, 9.17) is 0 Å². The van der Waals surface area contributed by atoms with Gasteiger partial charge in [0.1, 0.15) is 5.82 Å². The normalized spacial score (nSPS) is 15.8. The molecule has 1 saturated carbocycles. The Hall–Kier alpha value is -1.90. The molecule has 1 aromatic heterocycles. The zero-order valence-corrected chi connectivity index (χ0v) is 10.3. The van der Waals surface area contributed by atoms with Crippen molar-refractivity contribution in [1.29, 1.82) is 0 Å². The molecule has 0 unspecified atom stereocenters. The average Bonchev–Trinajstić information content (AvgIpc) is 2.93. The molecule has 0 radical (unpaired) electrons. The summed E-state index contributed by atoms with van der Waals surface area (Å²) in [6, 6.07) is 12.6. The Bertz CT molecular complexity index is 504. The number of hydrogen-bond donors (Lipinski definition) is 1. The van der Waals surface area contributed by atoms with E-state index in [9.17, 15) is 0 Å². The molecule has 0 spiro atoms. The van der Waals surface area contributed by atoms with E-state index in [0.29, 0.717) is 6.04 Å². The molecule has 0 bridgehead atoms. The second-order valence-corrected chi connectivity index (χ2v) is 4.76. The Labute approximate surface area is 107 Å². The summed E-state index contributed by atoms with van der Waals surface area (Å²) in [4.78, 5) is 8.92. The highest BCUT2D eigenvalue weighted by Gasteiger charge is 2.15. The third-order valence-electron chi connectivity index (χ3n) is 3.39. The van der Waals surface area contributed by atoms with Crippen LogP contribution in [0, 0.1) is 0 Å². The highest BCUT2D eigenvalue weighted by molar-refractivity contribution is 5.56. The molecule has 0 aliphatic heterocycles. The van der Waals surface area contributed by atoms with Gasteiger partial charge < -0.3 is 5.32 Å². The minimum atomic E-state index is 0.587. The maximum atomic E-state index is 4.58. The Morgan fingerprint density at radius 2 is 1.78 bits per heavy atom. The Balaban J connectivity index is 1.80. The number of nitrogens with one attached hydrogen (secondary N) is 1. The van der Waals surface area contributed by atoms with Crippen molar-refractivity contribution in [3.63, 3.8) is 0 Å². The van der Waals surface area contributed by atoms with E-state index in [-0.39, 0.29) is 0 Å². The van der Waals surface area contributed by atoms with Gasteiger partial charge in [-0.15, -0.1) is 0 Å². The summed E-state index contributed by atoms with van der Waals surface area (Å²) in [5.74, 6) is 1.73. The summed E-state index contributed by atoms with van der Waals surface area (Å²) < 4.78 is 0. The number of anilines is 1. The zero-order valence-electron chi connectivity index (χ0n) is 10.3. The van der Waals surface area contributed by atoms with Gasteiger partial charge in [-0.05, 0) is 18.9 Å². The van der Waals surface area contributed by atoms with E-state index in [1.807, 2.05) is 42.6 Å². The lowest BCUT2D eigenvalue weighted by atomic mass is 10.2. The molecule has 3 nitrogen and oxygen atoms in total. The van der Waals surface area contributed by atoms with Crippen LogP contribution in [0.15, 0.2) is 42.6 Å². The Morgan fingerprint density at radius 3 is 2.56 bits per heavy atom. The minimum Gasteiger partial charge on any atom is -0.367 e. The molecular weight excluding hydrogens is 222 g/mol. The van der Waals surface area contributed by atoms with Crippen LogP contribution in [0.3, 0.4) is 0 Å². The molecule has 0 amide bonds. The third-order valence-corrected chi connectivity index (χ3v) is 3.39. The van der Waals surface area contributed by atoms with Gasteiger partial charge in [-0.2, -0.15) is 0 Å². The van der Waals surface area contributed by atoms with Crippen molar-refractivity contribution in [2.45, 2.75) is 31.7 Å². The standard InChI is InChI=1S/C15H17N3/c1-2-6-12(7-3-1)15-16-11-10-14(18-15)17-13-8-4-5-9-13/h1-3,6-7,10-11,13H,4-5,8-9H2,(H,16,17,18). The van der Waals surface area contributed by atoms with Crippen molar-refractivity contribution in [3.05, 3.63) is 42.6 Å². The second kappa shape index (κ2) is 5.17. The van der Waals surface area contributed by atoms with Crippen LogP contribution >= 0.6 is 0 Å². The summed E-state index contributed by atoms with van der Waals surface area (Å²) in [5.41, 5.74) is 1.06. The summed E-state index contributed by atoms with van der Waals surface area (Å²) in [6.45, 7) is 0. The molecule has 18 heavy (non-hydrogen) atoms. The summed E-state index contributed by atoms with van der Waals surface area (Å²) in [5, 5.41) is 3.50. The molecule has 3 heteroatoms. The van der Waals surface area contributed by atoms with Crippen LogP contribution in [0.4, 0.5) is 5.82 Å². The summed E-state index contributed by atoms with van der Waals surface area (Å²) >= 11 is 0. The van der Waals surface area contributed by atoms with Crippen LogP contribution in [-0.4, -0.2) is 16.0 Å². The number of aromatic nitrogens is 2. The van der Waals surface area contributed by atoms with Crippen molar-refractivity contribution in [3.8, 4) is 11.4 Å². The second-order valence-electron chi connectivity index (χ2n) is 4.76. The number of hydrogen-bond acceptors (Lipinski definition) is 3. The van der Waals surface area contributed by atoms with Crippen molar-refractivity contribution in [2.24, 2.45) is 0 Å². The molecule has 1 aliphatic rings. The fourth-order valence-electron chi connectivity index (χ4n) is 2.44. The average molecular weight is 239 g/mol. The Morgan fingerprint density at radius 1 is 1.00 bits per heavy atom. The largest absolute Gasteiger partial charge is 0.367 e. The molecule has 1 fully saturated rings. The number of benzene rings is 1. The van der Waals surface area contributed by atoms with Gasteiger partial charge in [-0.25, -0.2) is 9.97 Å². The lowest BCUT2D eigenvalue weighted by Gasteiger charge is -2.12. The first-order valence-electron chi connectivity index (χ1n) is 6.57. The molecule has 1 aromatic carbocycles. The van der Waals surface area contributed by atoms with E-state index in [1.165, 1.54) is 25.7 Å². The first-order chi connectivity index (χ1) is 8.92. The summed E-state index contributed by atoms with van der Waals surface area (Å²) in [6.07, 6.45) is 6.99. The topological polar surface area (TPSA) is 37.8 Å². The number of rotatable bonds is 3. The van der Waals surface area contributed by atoms with Gasteiger partial charge in [0.05, 0.1) is 0 Å². The summed E-state index contributed by atoms with van der Waals surface area (Å²) in [7, 11) is 0. The molecular formula is C15H17N3. The maximum Gasteiger partial charge on any atom is 0.161 e. The van der Waals surface area contributed by atoms with E-state index in [2.05, 4.69) is 15.3 Å². The first-order valence-corrected chi connectivity index (χ1v) is 6.57. The van der Waals surface area contributed by atoms with Gasteiger partial charge in [-0.3, -0.25) is 0 Å². The third kappa shape index (κ3) is 2.50. The van der Waals surface area contributed by atoms with Gasteiger partial charge in [0, 0.05) is 17.8 Å². The highest BCUT2D eigenvalue weighted by Crippen LogP contribution is 2.22. The molecule has 1 heterocycles. The maximum absolute atomic E-state index is 4.58. The fraction of sp³-hybridized carbons (Fsp3) is 0.333. The smallest absolute Gasteiger partial charge is 0.161 e. The van der Waals surface area contributed by atoms with E-state index in [1.54, 1.807) is 0 Å². The molecule has 3 rings (SSSR count). The van der Waals surface area contributed by atoms with Gasteiger partial charge in [0.2, 0.25) is 0 Å². The quantitative estimate of drug-likeness (QED) is 0.890. The SMILES string of the molecule is c1ccc(-c2nccc(NC3CCCC3)n2)cc1. The highest BCUT2D eigenvalue weighted by atomic mass is 15.0. The molecule has 1 aliphatic carbocycles. The van der Waals surface area contributed by atoms with Crippen molar-refractivity contribution < 1.29 is 0 Å². The minimum absolute atomic E-state index is 0.587. The predicted octanol–water partition coefficient (Wildman–Crippen LogP) is 3.50. The first kappa shape index (κ1) is 11.2. The molecule has 2 aromatic rings. The van der Waals surface area contributed by atoms with Crippen molar-refractivity contribution in [1.82, 2.24) is 9.97 Å². The Kier molecular flexibility index (Phi) is 3.22. The van der Waals surface area contributed by atoms with Crippen molar-refractivity contribution in [2.75, 3.05) is 5.32 Å². The van der Waals surface area contributed by atoms with E-state index in [0.717, 1.165) is 17.2 Å². The van der Waals surface area contributed by atoms with Crippen LogP contribution in [0.25, 0.3) is 11.4 Å². The van der Waals surface area contributed by atoms with Crippen LogP contribution in [0.5, 0.6) is 0 Å². The van der Waals surface area contributed by atoms with Crippen LogP contribution in [0.2, 0.25) is 0 Å². The van der Waals surface area contributed by atoms with Gasteiger partial charge >= 0.3 is 0 Å². The molecule has 0 atom stereocenters. The zero-order chi connectivity index (χ0) is 12.2. The van der Waals surface area contributed by atoms with Crippen molar-refractivity contribution >= 4 is 5.82 Å². The number of nitrogens with zero attached hydrogens (tertiary/aromatic N) is 2. The molecule has 0 saturated heterocycles. The van der Waals surface area contributed by atoms with Crippen LogP contribution < -0.4 is 5.32 Å². The van der Waals surface area contributed by atoms with E-state index >= 15 is 0 Å². The van der Waals surface area contributed by atoms with E-state index < -0.39 is 0 Å². The fourth-order valence-corrected chi connectivity index (χ4v) is 2.44.